The van der Waals surface area contributed by atoms with Gasteiger partial charge in [0, 0.05) is 29.8 Å². The van der Waals surface area contributed by atoms with E-state index in [1.165, 1.54) is 5.39 Å². The summed E-state index contributed by atoms with van der Waals surface area (Å²) in [5, 5.41) is 9.84. The fourth-order valence-electron chi connectivity index (χ4n) is 2.63. The summed E-state index contributed by atoms with van der Waals surface area (Å²) in [6, 6.07) is 12.2. The van der Waals surface area contributed by atoms with Crippen molar-refractivity contribution in [2.75, 3.05) is 0 Å². The Bertz CT molecular complexity index is 835. The molecule has 0 saturated heterocycles. The Labute approximate surface area is 134 Å². The number of hydrogen-bond acceptors (Lipinski definition) is 2. The van der Waals surface area contributed by atoms with E-state index in [2.05, 4.69) is 34.0 Å². The van der Waals surface area contributed by atoms with Gasteiger partial charge >= 0.3 is 5.97 Å². The highest BCUT2D eigenvalue weighted by Gasteiger charge is 2.07. The molecule has 0 bridgehead atoms. The summed E-state index contributed by atoms with van der Waals surface area (Å²) in [6.45, 7) is 0. The third-order valence-electron chi connectivity index (χ3n) is 3.73. The number of fused-ring (bicyclic) bond motifs is 1. The standard InChI is InChI=1S/C19H18N2O2/c22-19(23)11-3-1-2-7-15-14-21(16-8-6-12-20-13-16)18-10-5-4-9-17(15)18/h2,4-10,12-14H,1,3,11H2,(H,22,23). The lowest BCUT2D eigenvalue weighted by atomic mass is 10.1. The average Bonchev–Trinajstić information content (AvgIpc) is 2.94. The first-order chi connectivity index (χ1) is 11.3. The van der Waals surface area contributed by atoms with Crippen molar-refractivity contribution in [3.05, 3.63) is 66.6 Å². The van der Waals surface area contributed by atoms with Gasteiger partial charge in [-0.1, -0.05) is 30.4 Å². The fraction of sp³-hybridized carbons (Fsp3) is 0.158. The van der Waals surface area contributed by atoms with E-state index in [0.717, 1.165) is 23.2 Å². The maximum atomic E-state index is 10.5. The molecule has 0 radical (unpaired) electrons. The molecule has 1 N–H and O–H groups in total. The third-order valence-corrected chi connectivity index (χ3v) is 3.73. The maximum Gasteiger partial charge on any atom is 0.303 e. The zero-order valence-corrected chi connectivity index (χ0v) is 12.7. The molecule has 2 aromatic heterocycles. The summed E-state index contributed by atoms with van der Waals surface area (Å²) in [7, 11) is 0. The highest BCUT2D eigenvalue weighted by molar-refractivity contribution is 5.90. The highest BCUT2D eigenvalue weighted by atomic mass is 16.4. The Morgan fingerprint density at radius 3 is 2.87 bits per heavy atom. The number of benzene rings is 1. The quantitative estimate of drug-likeness (QED) is 0.691. The number of carbonyl (C=O) groups is 1. The second-order valence-electron chi connectivity index (χ2n) is 5.37. The van der Waals surface area contributed by atoms with Crippen LogP contribution in [0.15, 0.2) is 61.1 Å². The molecular weight excluding hydrogens is 288 g/mol. The molecule has 4 heteroatoms. The van der Waals surface area contributed by atoms with E-state index in [0.29, 0.717) is 6.42 Å². The van der Waals surface area contributed by atoms with Crippen LogP contribution in [0.3, 0.4) is 0 Å². The third kappa shape index (κ3) is 3.48. The number of carboxylic acid groups (broad SMARTS) is 1. The summed E-state index contributed by atoms with van der Waals surface area (Å²) >= 11 is 0. The lowest BCUT2D eigenvalue weighted by molar-refractivity contribution is -0.137. The summed E-state index contributed by atoms with van der Waals surface area (Å²) in [5.41, 5.74) is 3.28. The van der Waals surface area contributed by atoms with Crippen molar-refractivity contribution in [2.45, 2.75) is 19.3 Å². The largest absolute Gasteiger partial charge is 0.481 e. The van der Waals surface area contributed by atoms with Crippen LogP contribution in [0.2, 0.25) is 0 Å². The predicted octanol–water partition coefficient (Wildman–Crippen LogP) is 4.29. The number of carboxylic acids is 1. The Morgan fingerprint density at radius 1 is 1.22 bits per heavy atom. The van der Waals surface area contributed by atoms with Crippen LogP contribution in [0, 0.1) is 0 Å². The number of para-hydroxylation sites is 1. The van der Waals surface area contributed by atoms with Crippen LogP contribution in [0.4, 0.5) is 0 Å². The van der Waals surface area contributed by atoms with Gasteiger partial charge in [0.15, 0.2) is 0 Å². The maximum absolute atomic E-state index is 10.5. The monoisotopic (exact) mass is 306 g/mol. The molecule has 23 heavy (non-hydrogen) atoms. The fourth-order valence-corrected chi connectivity index (χ4v) is 2.63. The number of aromatic nitrogens is 2. The van der Waals surface area contributed by atoms with Gasteiger partial charge in [0.25, 0.3) is 0 Å². The van der Waals surface area contributed by atoms with Crippen LogP contribution < -0.4 is 0 Å². The van der Waals surface area contributed by atoms with Gasteiger partial charge in [-0.25, -0.2) is 0 Å². The van der Waals surface area contributed by atoms with Crippen molar-refractivity contribution >= 4 is 22.9 Å². The second kappa shape index (κ2) is 6.92. The predicted molar refractivity (Wildman–Crippen MR) is 91.6 cm³/mol. The molecule has 0 amide bonds. The van der Waals surface area contributed by atoms with Crippen LogP contribution >= 0.6 is 0 Å². The molecule has 1 aromatic carbocycles. The molecule has 0 saturated carbocycles. The number of rotatable bonds is 6. The molecule has 0 aliphatic carbocycles. The Kier molecular flexibility index (Phi) is 4.52. The molecule has 0 atom stereocenters. The highest BCUT2D eigenvalue weighted by Crippen LogP contribution is 2.25. The second-order valence-corrected chi connectivity index (χ2v) is 5.37. The van der Waals surface area contributed by atoms with Crippen LogP contribution in [-0.4, -0.2) is 20.6 Å². The molecule has 2 heterocycles. The SMILES string of the molecule is O=C(O)CCCC=Cc1cn(-c2cccnc2)c2ccccc12. The Hall–Kier alpha value is -2.88. The first-order valence-corrected chi connectivity index (χ1v) is 7.64. The van der Waals surface area contributed by atoms with E-state index in [1.807, 2.05) is 36.5 Å². The molecular formula is C19H18N2O2. The minimum absolute atomic E-state index is 0.210. The van der Waals surface area contributed by atoms with Gasteiger partial charge in [-0.3, -0.25) is 9.78 Å². The summed E-state index contributed by atoms with van der Waals surface area (Å²) < 4.78 is 2.12. The van der Waals surface area contributed by atoms with Gasteiger partial charge in [0.05, 0.1) is 17.4 Å². The van der Waals surface area contributed by atoms with Crippen molar-refractivity contribution in [2.24, 2.45) is 0 Å². The molecule has 4 nitrogen and oxygen atoms in total. The van der Waals surface area contributed by atoms with Gasteiger partial charge in [0.2, 0.25) is 0 Å². The molecule has 0 aliphatic heterocycles. The van der Waals surface area contributed by atoms with Crippen molar-refractivity contribution < 1.29 is 9.90 Å². The van der Waals surface area contributed by atoms with Gasteiger partial charge in [-0.2, -0.15) is 0 Å². The molecule has 0 aliphatic rings. The van der Waals surface area contributed by atoms with Crippen molar-refractivity contribution in [3.8, 4) is 5.69 Å². The number of unbranched alkanes of at least 4 members (excludes halogenated alkanes) is 1. The molecule has 0 spiro atoms. The molecule has 3 rings (SSSR count). The van der Waals surface area contributed by atoms with E-state index in [9.17, 15) is 4.79 Å². The van der Waals surface area contributed by atoms with Crippen molar-refractivity contribution in [1.82, 2.24) is 9.55 Å². The van der Waals surface area contributed by atoms with E-state index in [4.69, 9.17) is 5.11 Å². The van der Waals surface area contributed by atoms with Crippen LogP contribution in [-0.2, 0) is 4.79 Å². The van der Waals surface area contributed by atoms with E-state index < -0.39 is 5.97 Å². The van der Waals surface area contributed by atoms with E-state index in [-0.39, 0.29) is 6.42 Å². The number of hydrogen-bond donors (Lipinski definition) is 1. The minimum atomic E-state index is -0.744. The number of nitrogens with zero attached hydrogens (tertiary/aromatic N) is 2. The van der Waals surface area contributed by atoms with Crippen molar-refractivity contribution in [1.29, 1.82) is 0 Å². The normalized spacial score (nSPS) is 11.3. The lowest BCUT2D eigenvalue weighted by Crippen LogP contribution is -1.92. The zero-order chi connectivity index (χ0) is 16.1. The van der Waals surface area contributed by atoms with Crippen LogP contribution in [0.5, 0.6) is 0 Å². The van der Waals surface area contributed by atoms with Gasteiger partial charge < -0.3 is 9.67 Å². The van der Waals surface area contributed by atoms with Gasteiger partial charge in [0.1, 0.15) is 0 Å². The molecule has 3 aromatic rings. The van der Waals surface area contributed by atoms with E-state index >= 15 is 0 Å². The summed E-state index contributed by atoms with van der Waals surface area (Å²) in [4.78, 5) is 14.7. The topological polar surface area (TPSA) is 55.1 Å². The summed E-state index contributed by atoms with van der Waals surface area (Å²) in [5.74, 6) is -0.744. The minimum Gasteiger partial charge on any atom is -0.481 e. The first-order valence-electron chi connectivity index (χ1n) is 7.64. The Morgan fingerprint density at radius 2 is 2.09 bits per heavy atom. The Balaban J connectivity index is 1.89. The molecule has 0 unspecified atom stereocenters. The van der Waals surface area contributed by atoms with E-state index in [1.54, 1.807) is 6.20 Å². The van der Waals surface area contributed by atoms with Gasteiger partial charge in [-0.15, -0.1) is 0 Å². The van der Waals surface area contributed by atoms with Crippen LogP contribution in [0.25, 0.3) is 22.7 Å². The van der Waals surface area contributed by atoms with Crippen molar-refractivity contribution in [3.63, 3.8) is 0 Å². The van der Waals surface area contributed by atoms with Gasteiger partial charge in [-0.05, 0) is 31.0 Å². The average molecular weight is 306 g/mol. The number of pyridine rings is 1. The molecule has 116 valence electrons. The zero-order valence-electron chi connectivity index (χ0n) is 12.7. The summed E-state index contributed by atoms with van der Waals surface area (Å²) in [6.07, 6.45) is 11.4. The first kappa shape index (κ1) is 15.0. The lowest BCUT2D eigenvalue weighted by Gasteiger charge is -2.03. The van der Waals surface area contributed by atoms with Crippen LogP contribution in [0.1, 0.15) is 24.8 Å². The smallest absolute Gasteiger partial charge is 0.303 e. The molecule has 0 fully saturated rings. The number of aliphatic carboxylic acids is 1. The number of allylic oxidation sites excluding steroid dienone is 1.